The van der Waals surface area contributed by atoms with Gasteiger partial charge in [0.15, 0.2) is 16.3 Å². The maximum atomic E-state index is 12.9. The molecule has 0 N–H and O–H groups in total. The number of aromatic nitrogens is 1. The predicted octanol–water partition coefficient (Wildman–Crippen LogP) is 4.59. The van der Waals surface area contributed by atoms with Gasteiger partial charge < -0.3 is 18.8 Å². The smallest absolute Gasteiger partial charge is 0.279 e. The summed E-state index contributed by atoms with van der Waals surface area (Å²) in [7, 11) is 6.44. The van der Waals surface area contributed by atoms with E-state index in [4.69, 9.17) is 14.2 Å². The van der Waals surface area contributed by atoms with E-state index in [0.29, 0.717) is 27.6 Å². The normalized spacial score (nSPS) is 11.4. The second-order valence-corrected chi connectivity index (χ2v) is 8.28. The van der Waals surface area contributed by atoms with E-state index in [2.05, 4.69) is 20.9 Å². The summed E-state index contributed by atoms with van der Waals surface area (Å²) in [5, 5.41) is 0. The van der Waals surface area contributed by atoms with E-state index in [1.165, 1.54) is 32.7 Å². The molecule has 3 aromatic rings. The van der Waals surface area contributed by atoms with Crippen LogP contribution in [-0.2, 0) is 7.05 Å². The van der Waals surface area contributed by atoms with Gasteiger partial charge in [0, 0.05) is 22.0 Å². The molecule has 3 rings (SSSR count). The van der Waals surface area contributed by atoms with E-state index >= 15 is 0 Å². The van der Waals surface area contributed by atoms with Crippen LogP contribution >= 0.6 is 27.3 Å². The zero-order valence-corrected chi connectivity index (χ0v) is 19.2. The summed E-state index contributed by atoms with van der Waals surface area (Å²) in [6.07, 6.45) is 0. The molecule has 6 nitrogen and oxygen atoms in total. The third-order valence-corrected chi connectivity index (χ3v) is 6.00. The number of methoxy groups -OCH3 is 3. The summed E-state index contributed by atoms with van der Waals surface area (Å²) >= 11 is 4.92. The summed E-state index contributed by atoms with van der Waals surface area (Å²) < 4.78 is 18.9. The van der Waals surface area contributed by atoms with Gasteiger partial charge in [0.25, 0.3) is 5.91 Å². The first-order chi connectivity index (χ1) is 13.9. The molecule has 0 fully saturated rings. The average molecular weight is 477 g/mol. The van der Waals surface area contributed by atoms with Gasteiger partial charge in [-0.2, -0.15) is 4.99 Å². The van der Waals surface area contributed by atoms with Crippen molar-refractivity contribution in [2.24, 2.45) is 12.0 Å². The molecule has 29 heavy (non-hydrogen) atoms. The molecule has 0 aliphatic rings. The topological polar surface area (TPSA) is 62.0 Å². The lowest BCUT2D eigenvalue weighted by Crippen LogP contribution is -2.14. The number of nitrogens with zero attached hydrogens (tertiary/aromatic N) is 2. The Balaban J connectivity index is 2.06. The molecule has 0 saturated heterocycles. The van der Waals surface area contributed by atoms with Crippen LogP contribution in [0.25, 0.3) is 11.3 Å². The minimum atomic E-state index is -0.386. The van der Waals surface area contributed by atoms with Crippen LogP contribution in [0.5, 0.6) is 17.2 Å². The minimum Gasteiger partial charge on any atom is -0.493 e. The van der Waals surface area contributed by atoms with Crippen LogP contribution in [0.3, 0.4) is 0 Å². The molecule has 0 radical (unpaired) electrons. The first kappa shape index (κ1) is 21.1. The monoisotopic (exact) mass is 476 g/mol. The average Bonchev–Trinajstić information content (AvgIpc) is 3.00. The molecular formula is C21H21BrN2O4S. The van der Waals surface area contributed by atoms with Gasteiger partial charge in [-0.15, -0.1) is 11.3 Å². The fourth-order valence-electron chi connectivity index (χ4n) is 3.04. The molecule has 0 bridgehead atoms. The Bertz CT molecular complexity index is 1090. The van der Waals surface area contributed by atoms with Crippen LogP contribution in [0.4, 0.5) is 0 Å². The van der Waals surface area contributed by atoms with Crippen molar-refractivity contribution < 1.29 is 19.0 Å². The van der Waals surface area contributed by atoms with Crippen LogP contribution < -0.4 is 19.0 Å². The highest BCUT2D eigenvalue weighted by Gasteiger charge is 2.17. The Morgan fingerprint density at radius 2 is 1.62 bits per heavy atom. The number of hydrogen-bond acceptors (Lipinski definition) is 5. The zero-order valence-electron chi connectivity index (χ0n) is 16.8. The molecule has 0 spiro atoms. The zero-order chi connectivity index (χ0) is 21.1. The highest BCUT2D eigenvalue weighted by molar-refractivity contribution is 9.10. The molecule has 2 aromatic carbocycles. The summed E-state index contributed by atoms with van der Waals surface area (Å²) in [6, 6.07) is 11.2. The minimum absolute atomic E-state index is 0.357. The molecule has 1 aromatic heterocycles. The molecule has 0 aliphatic carbocycles. The van der Waals surface area contributed by atoms with Crippen molar-refractivity contribution in [1.29, 1.82) is 0 Å². The van der Waals surface area contributed by atoms with Crippen molar-refractivity contribution in [3.63, 3.8) is 0 Å². The lowest BCUT2D eigenvalue weighted by molar-refractivity contribution is 0.0997. The van der Waals surface area contributed by atoms with Crippen molar-refractivity contribution in [1.82, 2.24) is 4.57 Å². The highest BCUT2D eigenvalue weighted by atomic mass is 79.9. The lowest BCUT2D eigenvalue weighted by atomic mass is 10.1. The molecule has 0 atom stereocenters. The van der Waals surface area contributed by atoms with Crippen LogP contribution in [0, 0.1) is 6.92 Å². The molecule has 1 amide bonds. The van der Waals surface area contributed by atoms with Crippen molar-refractivity contribution in [2.45, 2.75) is 6.92 Å². The summed E-state index contributed by atoms with van der Waals surface area (Å²) in [6.45, 7) is 2.02. The van der Waals surface area contributed by atoms with E-state index in [1.54, 1.807) is 12.1 Å². The van der Waals surface area contributed by atoms with E-state index < -0.39 is 0 Å². The molecule has 8 heteroatoms. The molecular weight excluding hydrogens is 456 g/mol. The van der Waals surface area contributed by atoms with Gasteiger partial charge in [0.1, 0.15) is 0 Å². The molecule has 0 aliphatic heterocycles. The first-order valence-electron chi connectivity index (χ1n) is 8.71. The van der Waals surface area contributed by atoms with Gasteiger partial charge in [-0.1, -0.05) is 28.1 Å². The fourth-order valence-corrected chi connectivity index (χ4v) is 4.29. The van der Waals surface area contributed by atoms with Crippen molar-refractivity contribution in [3.8, 4) is 28.5 Å². The largest absolute Gasteiger partial charge is 0.493 e. The summed E-state index contributed by atoms with van der Waals surface area (Å²) in [4.78, 5) is 18.9. The Labute approximate surface area is 181 Å². The fraction of sp³-hybridized carbons (Fsp3) is 0.238. The Morgan fingerprint density at radius 1 is 1.03 bits per heavy atom. The van der Waals surface area contributed by atoms with Gasteiger partial charge in [0.2, 0.25) is 5.75 Å². The number of carbonyl (C=O) groups is 1. The maximum absolute atomic E-state index is 12.9. The predicted molar refractivity (Wildman–Crippen MR) is 117 cm³/mol. The number of hydrogen-bond donors (Lipinski definition) is 0. The first-order valence-corrected chi connectivity index (χ1v) is 10.3. The van der Waals surface area contributed by atoms with Gasteiger partial charge in [0.05, 0.1) is 27.0 Å². The van der Waals surface area contributed by atoms with Crippen molar-refractivity contribution >= 4 is 33.2 Å². The quantitative estimate of drug-likeness (QED) is 0.540. The van der Waals surface area contributed by atoms with E-state index in [1.807, 2.05) is 42.8 Å². The number of amides is 1. The number of ether oxygens (including phenoxy) is 3. The highest BCUT2D eigenvalue weighted by Crippen LogP contribution is 2.38. The van der Waals surface area contributed by atoms with Crippen molar-refractivity contribution in [3.05, 3.63) is 56.1 Å². The number of carbonyl (C=O) groups excluding carboxylic acids is 1. The number of rotatable bonds is 5. The van der Waals surface area contributed by atoms with E-state index in [-0.39, 0.29) is 5.91 Å². The molecule has 0 unspecified atom stereocenters. The third-order valence-electron chi connectivity index (χ3n) is 4.43. The number of halogens is 1. The third kappa shape index (κ3) is 4.23. The Hall–Kier alpha value is -2.58. The van der Waals surface area contributed by atoms with Gasteiger partial charge in [-0.3, -0.25) is 4.79 Å². The Morgan fingerprint density at radius 3 is 2.14 bits per heavy atom. The molecule has 0 saturated carbocycles. The van der Waals surface area contributed by atoms with E-state index in [9.17, 15) is 4.79 Å². The van der Waals surface area contributed by atoms with Crippen LogP contribution in [0.2, 0.25) is 0 Å². The summed E-state index contributed by atoms with van der Waals surface area (Å²) in [5.41, 5.74) is 2.45. The van der Waals surface area contributed by atoms with Gasteiger partial charge in [-0.25, -0.2) is 0 Å². The SMILES string of the molecule is COc1cc(C(=O)N=c2sc(C)c(-c3ccc(Br)cc3)n2C)cc(OC)c1OC. The Kier molecular flexibility index (Phi) is 6.44. The van der Waals surface area contributed by atoms with Gasteiger partial charge in [-0.05, 0) is 36.8 Å². The van der Waals surface area contributed by atoms with Crippen LogP contribution in [0.1, 0.15) is 15.2 Å². The van der Waals surface area contributed by atoms with Crippen LogP contribution in [0.15, 0.2) is 45.9 Å². The molecule has 1 heterocycles. The lowest BCUT2D eigenvalue weighted by Gasteiger charge is -2.12. The second kappa shape index (κ2) is 8.84. The van der Waals surface area contributed by atoms with Crippen LogP contribution in [-0.4, -0.2) is 31.8 Å². The molecule has 152 valence electrons. The number of aryl methyl sites for hydroxylation is 1. The van der Waals surface area contributed by atoms with Gasteiger partial charge >= 0.3 is 0 Å². The maximum Gasteiger partial charge on any atom is 0.279 e. The number of benzene rings is 2. The van der Waals surface area contributed by atoms with E-state index in [0.717, 1.165) is 20.6 Å². The summed E-state index contributed by atoms with van der Waals surface area (Å²) in [5.74, 6) is 0.866. The van der Waals surface area contributed by atoms with Crippen molar-refractivity contribution in [2.75, 3.05) is 21.3 Å². The standard InChI is InChI=1S/C21H21BrN2O4S/c1-12-18(13-6-8-15(22)9-7-13)24(2)21(29-12)23-20(25)14-10-16(26-3)19(28-5)17(11-14)27-4/h6-11H,1-5H3. The second-order valence-electron chi connectivity index (χ2n) is 6.19. The number of thiazole rings is 1.